The number of nitrogens with one attached hydrogen (secondary N) is 1. The van der Waals surface area contributed by atoms with E-state index in [0.29, 0.717) is 0 Å². The van der Waals surface area contributed by atoms with Crippen LogP contribution in [0.3, 0.4) is 0 Å². The van der Waals surface area contributed by atoms with Gasteiger partial charge in [-0.15, -0.1) is 0 Å². The summed E-state index contributed by atoms with van der Waals surface area (Å²) in [5, 5.41) is 2.45. The van der Waals surface area contributed by atoms with Gasteiger partial charge in [0.25, 0.3) is 5.91 Å². The van der Waals surface area contributed by atoms with Gasteiger partial charge in [0, 0.05) is 30.7 Å². The molecule has 0 saturated carbocycles. The predicted molar refractivity (Wildman–Crippen MR) is 121 cm³/mol. The maximum atomic E-state index is 12.6. The number of ether oxygens (including phenoxy) is 4. The van der Waals surface area contributed by atoms with Gasteiger partial charge in [-0.25, -0.2) is 4.98 Å². The van der Waals surface area contributed by atoms with Crippen LogP contribution in [0.25, 0.3) is 0 Å². The van der Waals surface area contributed by atoms with Crippen LogP contribution in [0.1, 0.15) is 49.7 Å². The molecule has 9 heteroatoms. The van der Waals surface area contributed by atoms with Crippen molar-refractivity contribution >= 4 is 17.8 Å². The molecule has 2 aromatic rings. The normalized spacial score (nSPS) is 12.5. The summed E-state index contributed by atoms with van der Waals surface area (Å²) in [5.74, 6) is -1.16. The number of pyridine rings is 1. The first-order chi connectivity index (χ1) is 15.7. The molecule has 1 heterocycles. The van der Waals surface area contributed by atoms with E-state index in [1.165, 1.54) is 26.3 Å². The lowest BCUT2D eigenvalue weighted by atomic mass is 9.84. The van der Waals surface area contributed by atoms with E-state index in [1.807, 2.05) is 38.1 Å². The number of methoxy groups -OCH3 is 2. The first-order valence-corrected chi connectivity index (χ1v) is 10.5. The topological polar surface area (TPSA) is 113 Å². The number of rotatable bonds is 10. The summed E-state index contributed by atoms with van der Waals surface area (Å²) in [6.45, 7) is 6.68. The molecule has 0 aliphatic rings. The standard InChI is InChI=1S/C24H30N2O7/c1-14(2)21(17-9-7-8-10-18(17)30-5)15(3)32-20(28)13-26-24(29)22-23(33-16(4)27)19(31-6)11-12-25-22/h7-12,14-15,21H,13H2,1-6H3,(H,26,29)/t15?,21-/m1/s1. The van der Waals surface area contributed by atoms with Crippen LogP contribution in [-0.4, -0.2) is 49.7 Å². The molecule has 2 atom stereocenters. The van der Waals surface area contributed by atoms with E-state index in [4.69, 9.17) is 18.9 Å². The van der Waals surface area contributed by atoms with Crippen LogP contribution in [0.15, 0.2) is 36.5 Å². The zero-order chi connectivity index (χ0) is 24.5. The van der Waals surface area contributed by atoms with Crippen molar-refractivity contribution in [3.8, 4) is 17.2 Å². The van der Waals surface area contributed by atoms with Gasteiger partial charge < -0.3 is 24.3 Å². The zero-order valence-electron chi connectivity index (χ0n) is 19.7. The number of hydrogen-bond donors (Lipinski definition) is 1. The highest BCUT2D eigenvalue weighted by atomic mass is 16.6. The third-order valence-corrected chi connectivity index (χ3v) is 4.98. The smallest absolute Gasteiger partial charge is 0.325 e. The molecule has 2 rings (SSSR count). The molecule has 0 aliphatic heterocycles. The first-order valence-electron chi connectivity index (χ1n) is 10.5. The Bertz CT molecular complexity index is 991. The molecule has 1 unspecified atom stereocenters. The quantitative estimate of drug-likeness (QED) is 0.541. The molecule has 0 radical (unpaired) electrons. The van der Waals surface area contributed by atoms with Crippen LogP contribution < -0.4 is 19.5 Å². The Morgan fingerprint density at radius 3 is 2.27 bits per heavy atom. The Labute approximate surface area is 193 Å². The van der Waals surface area contributed by atoms with E-state index < -0.39 is 30.5 Å². The molecule has 1 amide bonds. The Hall–Kier alpha value is -3.62. The molecule has 178 valence electrons. The van der Waals surface area contributed by atoms with Crippen LogP contribution in [0.4, 0.5) is 0 Å². The van der Waals surface area contributed by atoms with E-state index in [9.17, 15) is 14.4 Å². The second-order valence-electron chi connectivity index (χ2n) is 7.67. The molecule has 0 spiro atoms. The van der Waals surface area contributed by atoms with E-state index >= 15 is 0 Å². The number of carbonyl (C=O) groups is 3. The monoisotopic (exact) mass is 458 g/mol. The Kier molecular flexibility index (Phi) is 9.20. The molecular formula is C24H30N2O7. The summed E-state index contributed by atoms with van der Waals surface area (Å²) in [5.41, 5.74) is 0.755. The summed E-state index contributed by atoms with van der Waals surface area (Å²) in [4.78, 5) is 40.5. The van der Waals surface area contributed by atoms with Crippen LogP contribution in [0.2, 0.25) is 0 Å². The van der Waals surface area contributed by atoms with E-state index in [2.05, 4.69) is 10.3 Å². The number of nitrogens with zero attached hydrogens (tertiary/aromatic N) is 1. The fourth-order valence-corrected chi connectivity index (χ4v) is 3.65. The number of amides is 1. The van der Waals surface area contributed by atoms with E-state index in [0.717, 1.165) is 11.3 Å². The number of hydrogen-bond acceptors (Lipinski definition) is 8. The molecule has 1 aromatic carbocycles. The minimum Gasteiger partial charge on any atom is -0.496 e. The Balaban J connectivity index is 2.09. The largest absolute Gasteiger partial charge is 0.496 e. The van der Waals surface area contributed by atoms with Crippen molar-refractivity contribution in [1.29, 1.82) is 0 Å². The minimum atomic E-state index is -0.708. The van der Waals surface area contributed by atoms with E-state index in [1.54, 1.807) is 14.0 Å². The van der Waals surface area contributed by atoms with Gasteiger partial charge in [-0.2, -0.15) is 0 Å². The SMILES string of the molecule is COc1ccccc1[C@H](C(C)C)C(C)OC(=O)CNC(=O)c1nccc(OC)c1OC(C)=O. The summed E-state index contributed by atoms with van der Waals surface area (Å²) in [6.07, 6.45) is 0.860. The van der Waals surface area contributed by atoms with Gasteiger partial charge in [-0.1, -0.05) is 32.0 Å². The van der Waals surface area contributed by atoms with Gasteiger partial charge in [0.2, 0.25) is 5.75 Å². The number of benzene rings is 1. The zero-order valence-corrected chi connectivity index (χ0v) is 19.7. The number of aromatic nitrogens is 1. The van der Waals surface area contributed by atoms with Crippen LogP contribution in [0, 0.1) is 5.92 Å². The molecule has 0 saturated heterocycles. The molecule has 0 aliphatic carbocycles. The maximum Gasteiger partial charge on any atom is 0.325 e. The van der Waals surface area contributed by atoms with Crippen LogP contribution >= 0.6 is 0 Å². The van der Waals surface area contributed by atoms with Crippen molar-refractivity contribution in [3.63, 3.8) is 0 Å². The molecular weight excluding hydrogens is 428 g/mol. The van der Waals surface area contributed by atoms with Gasteiger partial charge >= 0.3 is 11.9 Å². The van der Waals surface area contributed by atoms with Gasteiger partial charge in [0.15, 0.2) is 11.4 Å². The summed E-state index contributed by atoms with van der Waals surface area (Å²) in [7, 11) is 2.97. The predicted octanol–water partition coefficient (Wildman–Crippen LogP) is 3.13. The van der Waals surface area contributed by atoms with Gasteiger partial charge in [-0.05, 0) is 18.9 Å². The van der Waals surface area contributed by atoms with Gasteiger partial charge in [0.05, 0.1) is 14.2 Å². The van der Waals surface area contributed by atoms with Crippen LogP contribution in [-0.2, 0) is 14.3 Å². The lowest BCUT2D eigenvalue weighted by Gasteiger charge is -2.29. The summed E-state index contributed by atoms with van der Waals surface area (Å²) < 4.78 is 21.3. The van der Waals surface area contributed by atoms with Gasteiger partial charge in [0.1, 0.15) is 18.4 Å². The van der Waals surface area contributed by atoms with Crippen molar-refractivity contribution in [3.05, 3.63) is 47.8 Å². The number of esters is 2. The number of para-hydroxylation sites is 1. The second kappa shape index (κ2) is 11.8. The van der Waals surface area contributed by atoms with Crippen molar-refractivity contribution in [2.45, 2.75) is 39.7 Å². The summed E-state index contributed by atoms with van der Waals surface area (Å²) >= 11 is 0. The molecule has 0 fully saturated rings. The molecule has 33 heavy (non-hydrogen) atoms. The molecule has 0 bridgehead atoms. The average Bonchev–Trinajstić information content (AvgIpc) is 2.77. The molecule has 1 aromatic heterocycles. The fraction of sp³-hybridized carbons (Fsp3) is 0.417. The Morgan fingerprint density at radius 2 is 1.67 bits per heavy atom. The van der Waals surface area contributed by atoms with Crippen LogP contribution in [0.5, 0.6) is 17.2 Å². The highest BCUT2D eigenvalue weighted by Crippen LogP contribution is 2.35. The van der Waals surface area contributed by atoms with Crippen molar-refractivity contribution in [2.75, 3.05) is 20.8 Å². The first kappa shape index (κ1) is 25.6. The average molecular weight is 459 g/mol. The van der Waals surface area contributed by atoms with Crippen molar-refractivity contribution in [1.82, 2.24) is 10.3 Å². The molecule has 1 N–H and O–H groups in total. The minimum absolute atomic E-state index is 0.114. The second-order valence-corrected chi connectivity index (χ2v) is 7.67. The lowest BCUT2D eigenvalue weighted by molar-refractivity contribution is -0.148. The number of carbonyl (C=O) groups excluding carboxylic acids is 3. The van der Waals surface area contributed by atoms with E-state index in [-0.39, 0.29) is 29.0 Å². The fourth-order valence-electron chi connectivity index (χ4n) is 3.65. The summed E-state index contributed by atoms with van der Waals surface area (Å²) in [6, 6.07) is 9.04. The van der Waals surface area contributed by atoms with Gasteiger partial charge in [-0.3, -0.25) is 14.4 Å². The third-order valence-electron chi connectivity index (χ3n) is 4.98. The van der Waals surface area contributed by atoms with Crippen molar-refractivity contribution < 1.29 is 33.3 Å². The Morgan fingerprint density at radius 1 is 1.00 bits per heavy atom. The highest BCUT2D eigenvalue weighted by molar-refractivity contribution is 5.98. The van der Waals surface area contributed by atoms with Crippen molar-refractivity contribution in [2.24, 2.45) is 5.92 Å². The molecule has 9 nitrogen and oxygen atoms in total. The maximum absolute atomic E-state index is 12.6. The highest BCUT2D eigenvalue weighted by Gasteiger charge is 2.29. The lowest BCUT2D eigenvalue weighted by Crippen LogP contribution is -2.35. The third kappa shape index (κ3) is 6.68.